The highest BCUT2D eigenvalue weighted by molar-refractivity contribution is 5.86. The summed E-state index contributed by atoms with van der Waals surface area (Å²) in [7, 11) is 3.96. The third-order valence-corrected chi connectivity index (χ3v) is 4.66. The zero-order valence-corrected chi connectivity index (χ0v) is 17.0. The van der Waals surface area contributed by atoms with Crippen LogP contribution in [0.2, 0.25) is 0 Å². The molecule has 1 amide bonds. The molecule has 1 atom stereocenters. The van der Waals surface area contributed by atoms with Gasteiger partial charge in [-0.1, -0.05) is 18.2 Å². The Balaban J connectivity index is 0.00000169. The van der Waals surface area contributed by atoms with Crippen LogP contribution in [0.5, 0.6) is 0 Å². The topological polar surface area (TPSA) is 57.3 Å². The highest BCUT2D eigenvalue weighted by Crippen LogP contribution is 2.22. The number of halogens is 2. The van der Waals surface area contributed by atoms with Gasteiger partial charge in [-0.2, -0.15) is 0 Å². The van der Waals surface area contributed by atoms with E-state index in [1.165, 1.54) is 6.42 Å². The smallest absolute Gasteiger partial charge is 0.220 e. The van der Waals surface area contributed by atoms with Crippen LogP contribution in [0.4, 0.5) is 5.82 Å². The summed E-state index contributed by atoms with van der Waals surface area (Å²) in [6, 6.07) is 10.1. The lowest BCUT2D eigenvalue weighted by Gasteiger charge is -2.15. The van der Waals surface area contributed by atoms with E-state index in [0.717, 1.165) is 41.8 Å². The Morgan fingerprint density at radius 1 is 1.31 bits per heavy atom. The molecule has 144 valence electrons. The Hall–Kier alpha value is -1.56. The molecule has 0 saturated carbocycles. The van der Waals surface area contributed by atoms with Crippen LogP contribution in [0, 0.1) is 5.92 Å². The molecule has 0 radical (unpaired) electrons. The Bertz CT molecular complexity index is 718. The van der Waals surface area contributed by atoms with Crippen LogP contribution in [0.25, 0.3) is 10.9 Å². The predicted octanol–water partition coefficient (Wildman–Crippen LogP) is 3.15. The first kappa shape index (κ1) is 22.5. The molecular weight excluding hydrogens is 371 g/mol. The van der Waals surface area contributed by atoms with E-state index in [4.69, 9.17) is 0 Å². The van der Waals surface area contributed by atoms with Gasteiger partial charge in [0.25, 0.3) is 0 Å². The second-order valence-electron chi connectivity index (χ2n) is 6.73. The number of rotatable bonds is 6. The fraction of sp³-hybridized carbons (Fsp3) is 0.474. The first-order valence-electron chi connectivity index (χ1n) is 8.67. The maximum atomic E-state index is 12.2. The molecule has 3 rings (SSSR count). The van der Waals surface area contributed by atoms with E-state index in [1.54, 1.807) is 0 Å². The van der Waals surface area contributed by atoms with Crippen molar-refractivity contribution in [2.75, 3.05) is 32.1 Å². The molecule has 26 heavy (non-hydrogen) atoms. The molecule has 1 unspecified atom stereocenters. The molecule has 0 spiro atoms. The Morgan fingerprint density at radius 3 is 2.77 bits per heavy atom. The van der Waals surface area contributed by atoms with E-state index in [0.29, 0.717) is 18.9 Å². The molecule has 0 aliphatic carbocycles. The number of anilines is 1. The molecule has 7 heteroatoms. The summed E-state index contributed by atoms with van der Waals surface area (Å²) >= 11 is 0. The maximum absolute atomic E-state index is 12.2. The Labute approximate surface area is 167 Å². The van der Waals surface area contributed by atoms with Gasteiger partial charge in [0.2, 0.25) is 5.91 Å². The molecule has 2 N–H and O–H groups in total. The van der Waals surface area contributed by atoms with Crippen LogP contribution in [-0.4, -0.2) is 38.1 Å². The van der Waals surface area contributed by atoms with Crippen LogP contribution in [0.1, 0.15) is 24.8 Å². The number of nitrogens with one attached hydrogen (secondary N) is 2. The van der Waals surface area contributed by atoms with Gasteiger partial charge in [-0.15, -0.1) is 24.8 Å². The van der Waals surface area contributed by atoms with Crippen LogP contribution in [0.3, 0.4) is 0 Å². The first-order chi connectivity index (χ1) is 11.6. The minimum Gasteiger partial charge on any atom is -0.363 e. The number of carbonyl (C=O) groups is 1. The van der Waals surface area contributed by atoms with Crippen molar-refractivity contribution in [1.29, 1.82) is 0 Å². The monoisotopic (exact) mass is 398 g/mol. The van der Waals surface area contributed by atoms with E-state index in [1.807, 2.05) is 37.2 Å². The average Bonchev–Trinajstić information content (AvgIpc) is 3.11. The maximum Gasteiger partial charge on any atom is 0.220 e. The van der Waals surface area contributed by atoms with Crippen molar-refractivity contribution in [3.8, 4) is 0 Å². The molecule has 1 aromatic carbocycles. The Kier molecular flexibility index (Phi) is 9.13. The lowest BCUT2D eigenvalue weighted by atomic mass is 10.0. The summed E-state index contributed by atoms with van der Waals surface area (Å²) in [5.74, 6) is 1.70. The predicted molar refractivity (Wildman–Crippen MR) is 113 cm³/mol. The van der Waals surface area contributed by atoms with Crippen molar-refractivity contribution in [3.63, 3.8) is 0 Å². The second-order valence-corrected chi connectivity index (χ2v) is 6.73. The van der Waals surface area contributed by atoms with E-state index >= 15 is 0 Å². The number of carbonyl (C=O) groups excluding carboxylic acids is 1. The minimum absolute atomic E-state index is 0. The number of fused-ring (bicyclic) bond motifs is 1. The molecule has 1 aliphatic heterocycles. The number of hydrogen-bond donors (Lipinski definition) is 2. The number of benzene rings is 1. The standard InChI is InChI=1S/C19H26N4O.2ClH/c1-23(2)18-11-15(16-5-3-4-6-17(16)22-18)13-21-19(24)8-7-14-9-10-20-12-14;;/h3-6,11,14,20H,7-10,12-13H2,1-2H3,(H,21,24);2*1H. The van der Waals surface area contributed by atoms with Gasteiger partial charge < -0.3 is 15.5 Å². The minimum atomic E-state index is 0. The number of nitrogens with zero attached hydrogens (tertiary/aromatic N) is 2. The summed E-state index contributed by atoms with van der Waals surface area (Å²) in [4.78, 5) is 18.8. The molecule has 2 aromatic rings. The van der Waals surface area contributed by atoms with Gasteiger partial charge in [0.05, 0.1) is 5.52 Å². The average molecular weight is 399 g/mol. The van der Waals surface area contributed by atoms with Crippen molar-refractivity contribution in [3.05, 3.63) is 35.9 Å². The van der Waals surface area contributed by atoms with Crippen molar-refractivity contribution >= 4 is 47.4 Å². The van der Waals surface area contributed by atoms with Gasteiger partial charge in [0.15, 0.2) is 0 Å². The van der Waals surface area contributed by atoms with Crippen molar-refractivity contribution < 1.29 is 4.79 Å². The molecule has 0 bridgehead atoms. The zero-order valence-electron chi connectivity index (χ0n) is 15.3. The van der Waals surface area contributed by atoms with Gasteiger partial charge in [-0.3, -0.25) is 4.79 Å². The highest BCUT2D eigenvalue weighted by atomic mass is 35.5. The molecular formula is C19H28Cl2N4O. The quantitative estimate of drug-likeness (QED) is 0.784. The molecule has 1 aliphatic rings. The summed E-state index contributed by atoms with van der Waals surface area (Å²) in [6.07, 6.45) is 2.77. The third-order valence-electron chi connectivity index (χ3n) is 4.66. The Morgan fingerprint density at radius 2 is 2.08 bits per heavy atom. The van der Waals surface area contributed by atoms with Crippen LogP contribution in [0.15, 0.2) is 30.3 Å². The van der Waals surface area contributed by atoms with Gasteiger partial charge >= 0.3 is 0 Å². The highest BCUT2D eigenvalue weighted by Gasteiger charge is 2.16. The third kappa shape index (κ3) is 5.73. The van der Waals surface area contributed by atoms with Crippen molar-refractivity contribution in [2.45, 2.75) is 25.8 Å². The molecule has 1 fully saturated rings. The lowest BCUT2D eigenvalue weighted by molar-refractivity contribution is -0.121. The summed E-state index contributed by atoms with van der Waals surface area (Å²) in [6.45, 7) is 2.68. The number of aromatic nitrogens is 1. The van der Waals surface area contributed by atoms with Gasteiger partial charge in [0.1, 0.15) is 5.82 Å². The van der Waals surface area contributed by atoms with Crippen LogP contribution < -0.4 is 15.5 Å². The van der Waals surface area contributed by atoms with E-state index in [9.17, 15) is 4.79 Å². The molecule has 1 aromatic heterocycles. The van der Waals surface area contributed by atoms with E-state index in [-0.39, 0.29) is 30.7 Å². The second kappa shape index (κ2) is 10.6. The van der Waals surface area contributed by atoms with E-state index < -0.39 is 0 Å². The largest absolute Gasteiger partial charge is 0.363 e. The van der Waals surface area contributed by atoms with Gasteiger partial charge in [-0.05, 0) is 49.5 Å². The molecule has 1 saturated heterocycles. The zero-order chi connectivity index (χ0) is 16.9. The van der Waals surface area contributed by atoms with Crippen molar-refractivity contribution in [1.82, 2.24) is 15.6 Å². The van der Waals surface area contributed by atoms with Crippen molar-refractivity contribution in [2.24, 2.45) is 5.92 Å². The SMILES string of the molecule is CN(C)c1cc(CNC(=O)CCC2CCNC2)c2ccccc2n1.Cl.Cl. The fourth-order valence-corrected chi connectivity index (χ4v) is 3.19. The number of para-hydroxylation sites is 1. The van der Waals surface area contributed by atoms with E-state index in [2.05, 4.69) is 27.8 Å². The number of amides is 1. The van der Waals surface area contributed by atoms with Crippen LogP contribution >= 0.6 is 24.8 Å². The summed E-state index contributed by atoms with van der Waals surface area (Å²) < 4.78 is 0. The number of hydrogen-bond acceptors (Lipinski definition) is 4. The molecule has 5 nitrogen and oxygen atoms in total. The van der Waals surface area contributed by atoms with Crippen LogP contribution in [-0.2, 0) is 11.3 Å². The van der Waals surface area contributed by atoms with Gasteiger partial charge in [0, 0.05) is 32.4 Å². The lowest BCUT2D eigenvalue weighted by Crippen LogP contribution is -2.24. The van der Waals surface area contributed by atoms with Gasteiger partial charge in [-0.25, -0.2) is 4.98 Å². The number of pyridine rings is 1. The fourth-order valence-electron chi connectivity index (χ4n) is 3.19. The molecule has 2 heterocycles. The first-order valence-corrected chi connectivity index (χ1v) is 8.67. The normalized spacial score (nSPS) is 15.8. The summed E-state index contributed by atoms with van der Waals surface area (Å²) in [5, 5.41) is 7.52. The summed E-state index contributed by atoms with van der Waals surface area (Å²) in [5.41, 5.74) is 2.07.